The molecule has 1 N–H and O–H groups in total. The number of aromatic carboxylic acids is 1. The van der Waals surface area contributed by atoms with Crippen molar-refractivity contribution in [2.45, 2.75) is 18.9 Å². The highest BCUT2D eigenvalue weighted by atomic mass is 19.1. The summed E-state index contributed by atoms with van der Waals surface area (Å²) in [5, 5.41) is 13.5. The molecule has 35 heavy (non-hydrogen) atoms. The number of carboxylic acids is 1. The first-order chi connectivity index (χ1) is 17.0. The SMILES string of the molecule is CO/N=C1\CN(c2nc3c(cc2F)c(=O)c(C(=O)O)cn3C2CC2)CC1CN=Cc1ccccc1. The Labute approximate surface area is 200 Å². The Balaban J connectivity index is 1.48. The van der Waals surface area contributed by atoms with E-state index in [4.69, 9.17) is 4.84 Å². The lowest BCUT2D eigenvalue weighted by atomic mass is 10.1. The first kappa shape index (κ1) is 22.7. The lowest BCUT2D eigenvalue weighted by Crippen LogP contribution is -2.25. The Bertz CT molecular complexity index is 1400. The summed E-state index contributed by atoms with van der Waals surface area (Å²) in [6.07, 6.45) is 4.81. The van der Waals surface area contributed by atoms with Crippen LogP contribution in [0.15, 0.2) is 57.5 Å². The van der Waals surface area contributed by atoms with E-state index in [0.717, 1.165) is 30.2 Å². The summed E-state index contributed by atoms with van der Waals surface area (Å²) in [6.45, 7) is 1.16. The van der Waals surface area contributed by atoms with Crippen molar-refractivity contribution < 1.29 is 19.1 Å². The van der Waals surface area contributed by atoms with Gasteiger partial charge in [0.25, 0.3) is 0 Å². The topological polar surface area (TPSA) is 109 Å². The van der Waals surface area contributed by atoms with E-state index in [9.17, 15) is 14.7 Å². The number of aliphatic imine (C=N–C) groups is 1. The van der Waals surface area contributed by atoms with E-state index in [0.29, 0.717) is 19.6 Å². The van der Waals surface area contributed by atoms with Crippen molar-refractivity contribution in [3.63, 3.8) is 0 Å². The maximum atomic E-state index is 15.2. The maximum Gasteiger partial charge on any atom is 0.341 e. The number of benzene rings is 1. The highest BCUT2D eigenvalue weighted by molar-refractivity contribution is 5.95. The van der Waals surface area contributed by atoms with Gasteiger partial charge in [0.15, 0.2) is 11.6 Å². The average Bonchev–Trinajstić information content (AvgIpc) is 3.61. The van der Waals surface area contributed by atoms with Crippen molar-refractivity contribution in [1.82, 2.24) is 9.55 Å². The highest BCUT2D eigenvalue weighted by Crippen LogP contribution is 2.37. The number of anilines is 1. The predicted octanol–water partition coefficient (Wildman–Crippen LogP) is 3.13. The zero-order chi connectivity index (χ0) is 24.5. The number of hydrogen-bond acceptors (Lipinski definition) is 7. The molecule has 2 fully saturated rings. The van der Waals surface area contributed by atoms with Gasteiger partial charge in [-0.2, -0.15) is 0 Å². The summed E-state index contributed by atoms with van der Waals surface area (Å²) in [4.78, 5) is 40.1. The number of oxime groups is 1. The molecule has 0 bridgehead atoms. The Kier molecular flexibility index (Phi) is 6.02. The fourth-order valence-corrected chi connectivity index (χ4v) is 4.37. The van der Waals surface area contributed by atoms with E-state index in [2.05, 4.69) is 15.1 Å². The largest absolute Gasteiger partial charge is 0.477 e. The third kappa shape index (κ3) is 4.51. The summed E-state index contributed by atoms with van der Waals surface area (Å²) in [7, 11) is 1.46. The minimum atomic E-state index is -1.34. The number of carboxylic acid groups (broad SMARTS) is 1. The second-order valence-electron chi connectivity index (χ2n) is 8.73. The van der Waals surface area contributed by atoms with Crippen molar-refractivity contribution in [2.75, 3.05) is 31.6 Å². The molecule has 3 aromatic rings. The summed E-state index contributed by atoms with van der Waals surface area (Å²) >= 11 is 0. The molecular weight excluding hydrogens is 453 g/mol. The van der Waals surface area contributed by atoms with E-state index >= 15 is 4.39 Å². The van der Waals surface area contributed by atoms with Crippen LogP contribution in [0.25, 0.3) is 11.0 Å². The fraction of sp³-hybridized carbons (Fsp3) is 0.320. The van der Waals surface area contributed by atoms with Gasteiger partial charge in [0, 0.05) is 37.5 Å². The number of pyridine rings is 2. The van der Waals surface area contributed by atoms with Crippen LogP contribution in [0, 0.1) is 11.7 Å². The van der Waals surface area contributed by atoms with Crippen molar-refractivity contribution in [2.24, 2.45) is 16.1 Å². The van der Waals surface area contributed by atoms with E-state index < -0.39 is 17.2 Å². The normalized spacial score (nSPS) is 19.2. The zero-order valence-corrected chi connectivity index (χ0v) is 19.1. The Morgan fingerprint density at radius 2 is 2.09 bits per heavy atom. The van der Waals surface area contributed by atoms with Gasteiger partial charge in [-0.05, 0) is 24.5 Å². The van der Waals surface area contributed by atoms with Crippen molar-refractivity contribution in [3.05, 3.63) is 69.8 Å². The fourth-order valence-electron chi connectivity index (χ4n) is 4.37. The lowest BCUT2D eigenvalue weighted by molar-refractivity contribution is 0.0695. The van der Waals surface area contributed by atoms with Crippen molar-refractivity contribution in [1.29, 1.82) is 0 Å². The summed E-state index contributed by atoms with van der Waals surface area (Å²) in [5.41, 5.74) is 0.868. The van der Waals surface area contributed by atoms with Crippen LogP contribution in [0.2, 0.25) is 0 Å². The van der Waals surface area contributed by atoms with Gasteiger partial charge >= 0.3 is 5.97 Å². The molecule has 0 amide bonds. The van der Waals surface area contributed by atoms with E-state index in [-0.39, 0.29) is 34.4 Å². The van der Waals surface area contributed by atoms with Gasteiger partial charge < -0.3 is 19.4 Å². The number of nitrogens with zero attached hydrogens (tertiary/aromatic N) is 5. The van der Waals surface area contributed by atoms with E-state index in [1.54, 1.807) is 15.7 Å². The standard InChI is InChI=1S/C25H24FN5O4/c1-35-29-21-14-30(12-16(21)11-27-10-15-5-3-2-4-6-15)24-20(26)9-18-22(32)19(25(33)34)13-31(17-7-8-17)23(18)28-24/h2-6,9-10,13,16-17H,7-8,11-12,14H2,1H3,(H,33,34)/b27-10?,29-21+. The van der Waals surface area contributed by atoms with Crippen LogP contribution in [0.3, 0.4) is 0 Å². The predicted molar refractivity (Wildman–Crippen MR) is 130 cm³/mol. The first-order valence-electron chi connectivity index (χ1n) is 11.3. The Morgan fingerprint density at radius 3 is 2.77 bits per heavy atom. The van der Waals surface area contributed by atoms with Crippen LogP contribution < -0.4 is 10.3 Å². The van der Waals surface area contributed by atoms with Gasteiger partial charge in [-0.1, -0.05) is 35.5 Å². The minimum Gasteiger partial charge on any atom is -0.477 e. The molecule has 2 aliphatic rings. The number of fused-ring (bicyclic) bond motifs is 1. The minimum absolute atomic E-state index is 0.0351. The van der Waals surface area contributed by atoms with Crippen LogP contribution in [-0.4, -0.2) is 59.3 Å². The molecule has 1 saturated carbocycles. The van der Waals surface area contributed by atoms with E-state index in [1.165, 1.54) is 13.3 Å². The molecule has 5 rings (SSSR count). The van der Waals surface area contributed by atoms with Crippen LogP contribution in [0.4, 0.5) is 10.2 Å². The first-order valence-corrected chi connectivity index (χ1v) is 11.3. The number of hydrogen-bond donors (Lipinski definition) is 1. The molecular formula is C25H24FN5O4. The van der Waals surface area contributed by atoms with Gasteiger partial charge in [0.05, 0.1) is 17.6 Å². The molecule has 1 aromatic carbocycles. The third-order valence-corrected chi connectivity index (χ3v) is 6.25. The lowest BCUT2D eigenvalue weighted by Gasteiger charge is -2.19. The van der Waals surface area contributed by atoms with Gasteiger partial charge in [-0.25, -0.2) is 14.2 Å². The summed E-state index contributed by atoms with van der Waals surface area (Å²) < 4.78 is 16.9. The molecule has 1 aliphatic heterocycles. The summed E-state index contributed by atoms with van der Waals surface area (Å²) in [5.74, 6) is -2.04. The van der Waals surface area contributed by atoms with Gasteiger partial charge in [0.1, 0.15) is 18.3 Å². The molecule has 180 valence electrons. The molecule has 9 nitrogen and oxygen atoms in total. The maximum absolute atomic E-state index is 15.2. The number of carbonyl (C=O) groups is 1. The van der Waals surface area contributed by atoms with Crippen LogP contribution in [-0.2, 0) is 4.84 Å². The van der Waals surface area contributed by atoms with Crippen LogP contribution in [0.5, 0.6) is 0 Å². The van der Waals surface area contributed by atoms with Gasteiger partial charge in [0.2, 0.25) is 5.43 Å². The zero-order valence-electron chi connectivity index (χ0n) is 19.1. The molecule has 1 unspecified atom stereocenters. The molecule has 10 heteroatoms. The third-order valence-electron chi connectivity index (χ3n) is 6.25. The monoisotopic (exact) mass is 477 g/mol. The quantitative estimate of drug-likeness (QED) is 0.414. The molecule has 1 atom stereocenters. The highest BCUT2D eigenvalue weighted by Gasteiger charge is 2.33. The molecule has 2 aromatic heterocycles. The second-order valence-corrected chi connectivity index (χ2v) is 8.73. The Hall–Kier alpha value is -4.08. The van der Waals surface area contributed by atoms with Crippen molar-refractivity contribution in [3.8, 4) is 0 Å². The number of halogens is 1. The van der Waals surface area contributed by atoms with E-state index in [1.807, 2.05) is 30.3 Å². The molecule has 1 aliphatic carbocycles. The molecule has 1 saturated heterocycles. The van der Waals surface area contributed by atoms with Gasteiger partial charge in [-0.15, -0.1) is 0 Å². The molecule has 0 radical (unpaired) electrons. The van der Waals surface area contributed by atoms with Gasteiger partial charge in [-0.3, -0.25) is 9.79 Å². The smallest absolute Gasteiger partial charge is 0.341 e. The van der Waals surface area contributed by atoms with Crippen LogP contribution >= 0.6 is 0 Å². The number of aromatic nitrogens is 2. The average molecular weight is 477 g/mol. The Morgan fingerprint density at radius 1 is 1.31 bits per heavy atom. The second kappa shape index (κ2) is 9.28. The van der Waals surface area contributed by atoms with Crippen LogP contribution in [0.1, 0.15) is 34.8 Å². The number of rotatable bonds is 7. The molecule has 0 spiro atoms. The van der Waals surface area contributed by atoms with Crippen molar-refractivity contribution >= 4 is 34.7 Å². The molecule has 3 heterocycles. The summed E-state index contributed by atoms with van der Waals surface area (Å²) in [6, 6.07) is 10.9.